The largest absolute Gasteiger partial charge is 0.130 e. The van der Waals surface area contributed by atoms with E-state index in [1.54, 1.807) is 29.6 Å². The van der Waals surface area contributed by atoms with Crippen molar-refractivity contribution in [2.75, 3.05) is 12.5 Å². The van der Waals surface area contributed by atoms with E-state index < -0.39 is 0 Å². The van der Waals surface area contributed by atoms with E-state index in [2.05, 4.69) is 34.3 Å². The zero-order valence-corrected chi connectivity index (χ0v) is 15.2. The second-order valence-electron chi connectivity index (χ2n) is 3.41. The van der Waals surface area contributed by atoms with Crippen LogP contribution in [0.3, 0.4) is 0 Å². The lowest BCUT2D eigenvalue weighted by Crippen LogP contribution is -1.72. The quantitative estimate of drug-likeness (QED) is 0.507. The molecule has 0 fully saturated rings. The fourth-order valence-corrected chi connectivity index (χ4v) is 2.98. The van der Waals surface area contributed by atoms with Crippen molar-refractivity contribution in [2.24, 2.45) is 0 Å². The molecule has 0 unspecified atom stereocenters. The second-order valence-corrected chi connectivity index (χ2v) is 6.84. The summed E-state index contributed by atoms with van der Waals surface area (Å²) in [6.07, 6.45) is 4.04. The molecule has 0 aromatic heterocycles. The highest BCUT2D eigenvalue weighted by atomic mass is 79.9. The van der Waals surface area contributed by atoms with E-state index >= 15 is 0 Å². The molecule has 0 heterocycles. The van der Waals surface area contributed by atoms with E-state index in [1.165, 1.54) is 4.90 Å². The minimum Gasteiger partial charge on any atom is -0.130 e. The third kappa shape index (κ3) is 6.01. The molecule has 19 heavy (non-hydrogen) atoms. The molecule has 0 spiro atoms. The van der Waals surface area contributed by atoms with Crippen molar-refractivity contribution >= 4 is 62.7 Å². The summed E-state index contributed by atoms with van der Waals surface area (Å²) in [4.78, 5) is 2.33. The summed E-state index contributed by atoms with van der Waals surface area (Å²) in [6.45, 7) is 0. The van der Waals surface area contributed by atoms with Gasteiger partial charge in [0, 0.05) is 14.3 Å². The number of thioether (sulfide) groups is 2. The van der Waals surface area contributed by atoms with Crippen LogP contribution in [0.1, 0.15) is 0 Å². The van der Waals surface area contributed by atoms with Gasteiger partial charge < -0.3 is 0 Å². The van der Waals surface area contributed by atoms with Gasteiger partial charge in [-0.3, -0.25) is 0 Å². The summed E-state index contributed by atoms with van der Waals surface area (Å²) in [5.74, 6) is 0. The number of hydrogen-bond acceptors (Lipinski definition) is 2. The number of rotatable bonds is 2. The Hall–Kier alpha value is 0.200. The Morgan fingerprint density at radius 2 is 1.53 bits per heavy atom. The van der Waals surface area contributed by atoms with Gasteiger partial charge in [-0.1, -0.05) is 45.2 Å². The van der Waals surface area contributed by atoms with E-state index in [0.29, 0.717) is 10.0 Å². The van der Waals surface area contributed by atoms with Crippen LogP contribution in [-0.2, 0) is 0 Å². The fraction of sp³-hybridized carbons (Fsp3) is 0.143. The summed E-state index contributed by atoms with van der Waals surface area (Å²) < 4.78 is 1.14. The van der Waals surface area contributed by atoms with Gasteiger partial charge in [0.15, 0.2) is 0 Å². The topological polar surface area (TPSA) is 0 Å². The van der Waals surface area contributed by atoms with Crippen molar-refractivity contribution in [1.29, 1.82) is 0 Å². The van der Waals surface area contributed by atoms with Crippen LogP contribution >= 0.6 is 62.7 Å². The summed E-state index contributed by atoms with van der Waals surface area (Å²) >= 11 is 18.3. The van der Waals surface area contributed by atoms with Crippen molar-refractivity contribution in [1.82, 2.24) is 0 Å². The third-order valence-corrected chi connectivity index (χ3v) is 5.17. The molecule has 2 rings (SSSR count). The maximum absolute atomic E-state index is 5.84. The zero-order valence-electron chi connectivity index (χ0n) is 10.5. The Balaban J connectivity index is 0.000000191. The summed E-state index contributed by atoms with van der Waals surface area (Å²) in [5, 5.41) is 1.27. The Morgan fingerprint density at radius 3 is 2.00 bits per heavy atom. The number of hydrogen-bond donors (Lipinski definition) is 0. The monoisotopic (exact) mass is 394 g/mol. The third-order valence-electron chi connectivity index (χ3n) is 2.19. The summed E-state index contributed by atoms with van der Waals surface area (Å²) in [5.41, 5.74) is 0. The predicted molar refractivity (Wildman–Crippen MR) is 94.2 cm³/mol. The molecule has 0 aliphatic carbocycles. The molecule has 0 saturated heterocycles. The van der Waals surface area contributed by atoms with Crippen molar-refractivity contribution < 1.29 is 0 Å². The smallest absolute Gasteiger partial charge is 0.0727 e. The molecule has 2 aromatic rings. The Bertz CT molecular complexity index is 515. The van der Waals surface area contributed by atoms with Crippen LogP contribution in [0, 0.1) is 0 Å². The Kier molecular flexibility index (Phi) is 8.35. The van der Waals surface area contributed by atoms with Gasteiger partial charge in [0.25, 0.3) is 0 Å². The fourth-order valence-electron chi connectivity index (χ4n) is 1.21. The first-order chi connectivity index (χ1) is 9.08. The number of benzene rings is 2. The molecule has 0 aliphatic rings. The minimum atomic E-state index is 0.619. The summed E-state index contributed by atoms with van der Waals surface area (Å²) in [6, 6.07) is 13.9. The molecule has 0 aliphatic heterocycles. The lowest BCUT2D eigenvalue weighted by Gasteiger charge is -1.99. The number of halogens is 3. The van der Waals surface area contributed by atoms with Crippen molar-refractivity contribution in [3.05, 3.63) is 57.0 Å². The first-order valence-corrected chi connectivity index (χ1v) is 9.36. The van der Waals surface area contributed by atoms with E-state index in [0.717, 1.165) is 9.37 Å². The normalized spacial score (nSPS) is 9.74. The zero-order chi connectivity index (χ0) is 14.3. The van der Waals surface area contributed by atoms with Gasteiger partial charge >= 0.3 is 0 Å². The molecule has 0 saturated carbocycles. The van der Waals surface area contributed by atoms with E-state index in [9.17, 15) is 0 Å². The average Bonchev–Trinajstić information content (AvgIpc) is 2.43. The maximum Gasteiger partial charge on any atom is 0.0727 e. The highest BCUT2D eigenvalue weighted by Crippen LogP contribution is 2.31. The van der Waals surface area contributed by atoms with Crippen LogP contribution in [0.25, 0.3) is 0 Å². The van der Waals surface area contributed by atoms with Gasteiger partial charge in [-0.15, -0.1) is 23.5 Å². The Labute approximate surface area is 141 Å². The van der Waals surface area contributed by atoms with E-state index in [-0.39, 0.29) is 0 Å². The standard InChI is InChI=1S/C7H7BrS.C7H6Cl2S/c1-9-7-4-2-6(8)3-5-7;1-10-6-4-2-3-5(8)7(6)9/h2-5H,1H3;2-4H,1H3. The highest BCUT2D eigenvalue weighted by molar-refractivity contribution is 9.10. The van der Waals surface area contributed by atoms with Gasteiger partial charge in [-0.05, 0) is 48.9 Å². The minimum absolute atomic E-state index is 0.619. The van der Waals surface area contributed by atoms with Crippen LogP contribution in [0.15, 0.2) is 56.7 Å². The molecule has 0 amide bonds. The highest BCUT2D eigenvalue weighted by Gasteiger charge is 2.00. The molecular weight excluding hydrogens is 383 g/mol. The predicted octanol–water partition coefficient (Wildman–Crippen LogP) is 6.89. The molecule has 0 atom stereocenters. The first-order valence-electron chi connectivity index (χ1n) is 5.36. The SMILES string of the molecule is CSc1ccc(Br)cc1.CSc1cccc(Cl)c1Cl. The van der Waals surface area contributed by atoms with Crippen molar-refractivity contribution in [3.63, 3.8) is 0 Å². The second kappa shape index (κ2) is 9.19. The summed E-state index contributed by atoms with van der Waals surface area (Å²) in [7, 11) is 0. The van der Waals surface area contributed by atoms with Crippen molar-refractivity contribution in [2.45, 2.75) is 9.79 Å². The van der Waals surface area contributed by atoms with Gasteiger partial charge in [0.05, 0.1) is 10.0 Å². The molecule has 0 radical (unpaired) electrons. The van der Waals surface area contributed by atoms with E-state index in [1.807, 2.05) is 30.5 Å². The van der Waals surface area contributed by atoms with Crippen LogP contribution in [0.5, 0.6) is 0 Å². The average molecular weight is 396 g/mol. The molecule has 2 aromatic carbocycles. The maximum atomic E-state index is 5.84. The van der Waals surface area contributed by atoms with Gasteiger partial charge in [0.1, 0.15) is 0 Å². The lowest BCUT2D eigenvalue weighted by molar-refractivity contribution is 1.45. The Morgan fingerprint density at radius 1 is 0.895 bits per heavy atom. The van der Waals surface area contributed by atoms with Crippen LogP contribution in [0.4, 0.5) is 0 Å². The van der Waals surface area contributed by atoms with Gasteiger partial charge in [-0.25, -0.2) is 0 Å². The first kappa shape index (κ1) is 17.3. The van der Waals surface area contributed by atoms with Crippen LogP contribution in [-0.4, -0.2) is 12.5 Å². The molecule has 0 nitrogen and oxygen atoms in total. The molecular formula is C14H13BrCl2S2. The van der Waals surface area contributed by atoms with Crippen LogP contribution in [0.2, 0.25) is 10.0 Å². The molecule has 0 N–H and O–H groups in total. The van der Waals surface area contributed by atoms with E-state index in [4.69, 9.17) is 23.2 Å². The lowest BCUT2D eigenvalue weighted by atomic mass is 10.4. The molecule has 0 bridgehead atoms. The van der Waals surface area contributed by atoms with Gasteiger partial charge in [0.2, 0.25) is 0 Å². The van der Waals surface area contributed by atoms with Crippen molar-refractivity contribution in [3.8, 4) is 0 Å². The molecule has 5 heteroatoms. The van der Waals surface area contributed by atoms with Crippen LogP contribution < -0.4 is 0 Å². The molecule has 102 valence electrons. The van der Waals surface area contributed by atoms with Gasteiger partial charge in [-0.2, -0.15) is 0 Å².